The minimum absolute atomic E-state index is 0.173. The second-order valence-corrected chi connectivity index (χ2v) is 4.42. The van der Waals surface area contributed by atoms with Crippen LogP contribution in [0.25, 0.3) is 0 Å². The van der Waals surface area contributed by atoms with Crippen molar-refractivity contribution >= 4 is 42.0 Å². The molecule has 0 bridgehead atoms. The van der Waals surface area contributed by atoms with Gasteiger partial charge in [-0.2, -0.15) is 0 Å². The van der Waals surface area contributed by atoms with E-state index in [0.29, 0.717) is 19.8 Å². The molecular weight excluding hydrogens is 290 g/mol. The first-order chi connectivity index (χ1) is 8.97. The van der Waals surface area contributed by atoms with Crippen molar-refractivity contribution < 1.29 is 23.8 Å². The lowest BCUT2D eigenvalue weighted by atomic mass is 10.1. The summed E-state index contributed by atoms with van der Waals surface area (Å²) in [7, 11) is 2.48. The molecule has 6 nitrogen and oxygen atoms in total. The topological polar surface area (TPSA) is 65.1 Å². The van der Waals surface area contributed by atoms with E-state index in [-0.39, 0.29) is 11.4 Å². The molecule has 0 aliphatic carbocycles. The van der Waals surface area contributed by atoms with Gasteiger partial charge in [0.05, 0.1) is 33.8 Å². The molecule has 1 unspecified atom stereocenters. The standard InChI is InChI=1S/C11H19NO5S2/c1-4-17-6-5-12(19)10(18)8(11(14)16-3)7-9(13)15-2/h8,19H,4-7H2,1-3H3. The Kier molecular flexibility index (Phi) is 9.54. The molecule has 0 aromatic heterocycles. The van der Waals surface area contributed by atoms with Crippen molar-refractivity contribution in [3.8, 4) is 0 Å². The lowest BCUT2D eigenvalue weighted by Crippen LogP contribution is -2.36. The summed E-state index contributed by atoms with van der Waals surface area (Å²) in [6.07, 6.45) is -0.173. The van der Waals surface area contributed by atoms with Crippen molar-refractivity contribution in [1.29, 1.82) is 0 Å². The SMILES string of the molecule is CCOCCN(S)C(=S)C(CC(=O)OC)C(=O)OC. The molecule has 0 aliphatic heterocycles. The molecule has 110 valence electrons. The fraction of sp³-hybridized carbons (Fsp3) is 0.727. The molecule has 0 aromatic rings. The summed E-state index contributed by atoms with van der Waals surface area (Å²) in [4.78, 5) is 23.1. The Morgan fingerprint density at radius 3 is 2.42 bits per heavy atom. The van der Waals surface area contributed by atoms with Crippen molar-refractivity contribution in [3.63, 3.8) is 0 Å². The maximum atomic E-state index is 11.6. The van der Waals surface area contributed by atoms with Gasteiger partial charge in [-0.1, -0.05) is 25.0 Å². The van der Waals surface area contributed by atoms with Gasteiger partial charge in [0.2, 0.25) is 0 Å². The minimum Gasteiger partial charge on any atom is -0.469 e. The first-order valence-corrected chi connectivity index (χ1v) is 6.51. The van der Waals surface area contributed by atoms with Crippen LogP contribution in [0.3, 0.4) is 0 Å². The van der Waals surface area contributed by atoms with Crippen LogP contribution >= 0.6 is 25.0 Å². The van der Waals surface area contributed by atoms with Crippen molar-refractivity contribution in [2.45, 2.75) is 13.3 Å². The van der Waals surface area contributed by atoms with Crippen LogP contribution in [0.1, 0.15) is 13.3 Å². The van der Waals surface area contributed by atoms with Crippen molar-refractivity contribution in [2.24, 2.45) is 5.92 Å². The summed E-state index contributed by atoms with van der Waals surface area (Å²) >= 11 is 9.32. The normalized spacial score (nSPS) is 11.6. The average Bonchev–Trinajstić information content (AvgIpc) is 2.42. The van der Waals surface area contributed by atoms with Gasteiger partial charge in [0, 0.05) is 6.61 Å². The van der Waals surface area contributed by atoms with Gasteiger partial charge in [0.25, 0.3) is 0 Å². The molecule has 0 spiro atoms. The third kappa shape index (κ3) is 6.74. The number of hydrogen-bond donors (Lipinski definition) is 1. The predicted molar refractivity (Wildman–Crippen MR) is 76.9 cm³/mol. The highest BCUT2D eigenvalue weighted by molar-refractivity contribution is 7.84. The Hall–Kier alpha value is -0.860. The molecule has 0 heterocycles. The van der Waals surface area contributed by atoms with Gasteiger partial charge in [0.15, 0.2) is 0 Å². The largest absolute Gasteiger partial charge is 0.469 e. The lowest BCUT2D eigenvalue weighted by Gasteiger charge is -2.23. The molecule has 0 aliphatic rings. The van der Waals surface area contributed by atoms with Gasteiger partial charge in [-0.15, -0.1) is 0 Å². The van der Waals surface area contributed by atoms with E-state index in [1.807, 2.05) is 6.92 Å². The molecular formula is C11H19NO5S2. The smallest absolute Gasteiger partial charge is 0.316 e. The molecule has 0 amide bonds. The minimum atomic E-state index is -0.883. The van der Waals surface area contributed by atoms with Gasteiger partial charge in [-0.25, -0.2) is 0 Å². The highest BCUT2D eigenvalue weighted by Crippen LogP contribution is 2.14. The van der Waals surface area contributed by atoms with E-state index in [1.54, 1.807) is 0 Å². The summed E-state index contributed by atoms with van der Waals surface area (Å²) in [5.74, 6) is -2.01. The number of carbonyl (C=O) groups is 2. The Bertz CT molecular complexity index is 324. The molecule has 8 heteroatoms. The van der Waals surface area contributed by atoms with E-state index >= 15 is 0 Å². The molecule has 0 saturated carbocycles. The zero-order chi connectivity index (χ0) is 14.8. The highest BCUT2D eigenvalue weighted by Gasteiger charge is 2.30. The summed E-state index contributed by atoms with van der Waals surface area (Å²) in [6, 6.07) is 0. The van der Waals surface area contributed by atoms with Crippen molar-refractivity contribution in [1.82, 2.24) is 4.31 Å². The number of hydrogen-bond acceptors (Lipinski definition) is 7. The first-order valence-electron chi connectivity index (χ1n) is 5.70. The molecule has 0 N–H and O–H groups in total. The molecule has 0 fully saturated rings. The van der Waals surface area contributed by atoms with E-state index < -0.39 is 17.9 Å². The van der Waals surface area contributed by atoms with E-state index in [9.17, 15) is 9.59 Å². The zero-order valence-corrected chi connectivity index (χ0v) is 13.0. The van der Waals surface area contributed by atoms with Crippen LogP contribution in [0.5, 0.6) is 0 Å². The van der Waals surface area contributed by atoms with Crippen LogP contribution in [0.4, 0.5) is 0 Å². The number of carbonyl (C=O) groups excluding carboxylic acids is 2. The Balaban J connectivity index is 4.61. The Labute approximate surface area is 123 Å². The molecule has 1 atom stereocenters. The number of methoxy groups -OCH3 is 2. The monoisotopic (exact) mass is 309 g/mol. The van der Waals surface area contributed by atoms with Gasteiger partial charge >= 0.3 is 11.9 Å². The van der Waals surface area contributed by atoms with E-state index in [1.165, 1.54) is 18.5 Å². The molecule has 0 radical (unpaired) electrons. The van der Waals surface area contributed by atoms with Gasteiger partial charge < -0.3 is 18.5 Å². The maximum absolute atomic E-state index is 11.6. The predicted octanol–water partition coefficient (Wildman–Crippen LogP) is 0.849. The van der Waals surface area contributed by atoms with Gasteiger partial charge in [0.1, 0.15) is 10.9 Å². The lowest BCUT2D eigenvalue weighted by molar-refractivity contribution is -0.149. The summed E-state index contributed by atoms with van der Waals surface area (Å²) in [5.41, 5.74) is 0. The molecule has 0 rings (SSSR count). The number of ether oxygens (including phenoxy) is 3. The van der Waals surface area contributed by atoms with Crippen LogP contribution < -0.4 is 0 Å². The fourth-order valence-corrected chi connectivity index (χ4v) is 1.74. The van der Waals surface area contributed by atoms with Gasteiger partial charge in [-0.3, -0.25) is 9.59 Å². The molecule has 19 heavy (non-hydrogen) atoms. The summed E-state index contributed by atoms with van der Waals surface area (Å²) < 4.78 is 15.7. The average molecular weight is 309 g/mol. The maximum Gasteiger partial charge on any atom is 0.316 e. The van der Waals surface area contributed by atoms with E-state index in [0.717, 1.165) is 0 Å². The zero-order valence-electron chi connectivity index (χ0n) is 11.2. The fourth-order valence-electron chi connectivity index (χ4n) is 1.25. The highest BCUT2D eigenvalue weighted by atomic mass is 32.1. The summed E-state index contributed by atoms with van der Waals surface area (Å²) in [5, 5.41) is 0. The Morgan fingerprint density at radius 1 is 1.32 bits per heavy atom. The van der Waals surface area contributed by atoms with Crippen LogP contribution in [0, 0.1) is 5.92 Å². The van der Waals surface area contributed by atoms with E-state index in [4.69, 9.17) is 17.0 Å². The van der Waals surface area contributed by atoms with Crippen molar-refractivity contribution in [3.05, 3.63) is 0 Å². The quantitative estimate of drug-likeness (QED) is 0.308. The summed E-state index contributed by atoms with van der Waals surface area (Å²) in [6.45, 7) is 3.28. The third-order valence-corrected chi connectivity index (χ3v) is 3.34. The van der Waals surface area contributed by atoms with Crippen LogP contribution in [0.15, 0.2) is 0 Å². The Morgan fingerprint density at radius 2 is 1.95 bits per heavy atom. The van der Waals surface area contributed by atoms with Gasteiger partial charge in [-0.05, 0) is 6.92 Å². The number of nitrogens with zero attached hydrogens (tertiary/aromatic N) is 1. The molecule has 0 aromatic carbocycles. The van der Waals surface area contributed by atoms with E-state index in [2.05, 4.69) is 22.3 Å². The van der Waals surface area contributed by atoms with Crippen LogP contribution in [0.2, 0.25) is 0 Å². The number of thiocarbonyl (C=S) groups is 1. The first kappa shape index (κ1) is 18.1. The number of rotatable bonds is 8. The number of thiol groups is 1. The van der Waals surface area contributed by atoms with Crippen LogP contribution in [-0.4, -0.2) is 55.2 Å². The van der Waals surface area contributed by atoms with Crippen molar-refractivity contribution in [2.75, 3.05) is 34.0 Å². The number of esters is 2. The molecule has 0 saturated heterocycles. The second kappa shape index (κ2) is 9.99. The second-order valence-electron chi connectivity index (χ2n) is 3.51. The van der Waals surface area contributed by atoms with Crippen LogP contribution in [-0.2, 0) is 23.8 Å². The third-order valence-electron chi connectivity index (χ3n) is 2.29.